The zero-order valence-electron chi connectivity index (χ0n) is 13.4. The predicted octanol–water partition coefficient (Wildman–Crippen LogP) is 1.44. The summed E-state index contributed by atoms with van der Waals surface area (Å²) < 4.78 is 15.2. The Labute approximate surface area is 141 Å². The number of fused-ring (bicyclic) bond motifs is 1. The third kappa shape index (κ3) is 3.16. The first-order valence-electron chi connectivity index (χ1n) is 7.36. The number of aryl methyl sites for hydroxylation is 2. The number of hydrogen-bond donors (Lipinski definition) is 2. The fourth-order valence-electron chi connectivity index (χ4n) is 2.44. The number of halogens is 1. The standard InChI is InChI=1S/C16H14FN5O3/c1-8-7-9(2)22-16(18-8)20-13(21-22)14(23)19-12(15(24)25)10-5-3-4-6-11(10)17/h3-7,12H,1-2H3,(H,19,23)(H,24,25). The molecule has 9 heteroatoms. The van der Waals surface area contributed by atoms with Crippen LogP contribution in [0.4, 0.5) is 4.39 Å². The molecule has 0 radical (unpaired) electrons. The molecule has 1 unspecified atom stereocenters. The SMILES string of the molecule is Cc1cc(C)n2nc(C(=O)NC(C(=O)O)c3ccccc3F)nc2n1. The summed E-state index contributed by atoms with van der Waals surface area (Å²) in [4.78, 5) is 32.0. The van der Waals surface area contributed by atoms with Crippen LogP contribution in [0.5, 0.6) is 0 Å². The minimum absolute atomic E-state index is 0.155. The van der Waals surface area contributed by atoms with Gasteiger partial charge in [-0.15, -0.1) is 5.10 Å². The third-order valence-electron chi connectivity index (χ3n) is 3.56. The van der Waals surface area contributed by atoms with Crippen LogP contribution in [0, 0.1) is 19.7 Å². The molecular formula is C16H14FN5O3. The average Bonchev–Trinajstić information content (AvgIpc) is 2.97. The van der Waals surface area contributed by atoms with Crippen LogP contribution in [0.3, 0.4) is 0 Å². The smallest absolute Gasteiger partial charge is 0.331 e. The van der Waals surface area contributed by atoms with Crippen molar-refractivity contribution >= 4 is 17.7 Å². The molecule has 3 rings (SSSR count). The monoisotopic (exact) mass is 343 g/mol. The Morgan fingerprint density at radius 1 is 1.24 bits per heavy atom. The van der Waals surface area contributed by atoms with E-state index in [4.69, 9.17) is 0 Å². The highest BCUT2D eigenvalue weighted by Gasteiger charge is 2.27. The number of carbonyl (C=O) groups is 2. The van der Waals surface area contributed by atoms with Gasteiger partial charge in [0.05, 0.1) is 0 Å². The van der Waals surface area contributed by atoms with Crippen LogP contribution in [-0.2, 0) is 4.79 Å². The first-order valence-corrected chi connectivity index (χ1v) is 7.36. The molecule has 1 aromatic carbocycles. The maximum atomic E-state index is 13.9. The summed E-state index contributed by atoms with van der Waals surface area (Å²) >= 11 is 0. The molecule has 0 fully saturated rings. The van der Waals surface area contributed by atoms with Gasteiger partial charge in [-0.1, -0.05) is 18.2 Å². The number of aromatic nitrogens is 4. The van der Waals surface area contributed by atoms with Crippen LogP contribution in [0.2, 0.25) is 0 Å². The summed E-state index contributed by atoms with van der Waals surface area (Å²) in [6.45, 7) is 3.55. The molecule has 0 saturated carbocycles. The number of nitrogens with one attached hydrogen (secondary N) is 1. The van der Waals surface area contributed by atoms with Gasteiger partial charge in [-0.2, -0.15) is 4.98 Å². The Hall–Kier alpha value is -3.36. The Bertz CT molecular complexity index is 985. The minimum Gasteiger partial charge on any atom is -0.479 e. The van der Waals surface area contributed by atoms with Crippen molar-refractivity contribution in [3.05, 3.63) is 58.9 Å². The molecule has 8 nitrogen and oxygen atoms in total. The molecule has 3 aromatic rings. The molecule has 128 valence electrons. The molecule has 1 atom stereocenters. The topological polar surface area (TPSA) is 109 Å². The van der Waals surface area contributed by atoms with E-state index < -0.39 is 23.7 Å². The number of nitrogens with zero attached hydrogens (tertiary/aromatic N) is 4. The molecule has 0 aliphatic heterocycles. The largest absolute Gasteiger partial charge is 0.479 e. The van der Waals surface area contributed by atoms with Gasteiger partial charge in [0.25, 0.3) is 11.7 Å². The van der Waals surface area contributed by atoms with Gasteiger partial charge >= 0.3 is 5.97 Å². The maximum Gasteiger partial charge on any atom is 0.331 e. The number of carboxylic acids is 1. The Kier molecular flexibility index (Phi) is 4.14. The van der Waals surface area contributed by atoms with E-state index in [1.54, 1.807) is 19.9 Å². The van der Waals surface area contributed by atoms with Crippen LogP contribution in [0.25, 0.3) is 5.78 Å². The van der Waals surface area contributed by atoms with Crippen LogP contribution in [0.15, 0.2) is 30.3 Å². The highest BCUT2D eigenvalue weighted by molar-refractivity contribution is 5.94. The molecule has 0 aliphatic carbocycles. The summed E-state index contributed by atoms with van der Waals surface area (Å²) in [5, 5.41) is 15.6. The van der Waals surface area contributed by atoms with Crippen LogP contribution in [0.1, 0.15) is 33.6 Å². The molecule has 2 aromatic heterocycles. The molecule has 0 spiro atoms. The molecule has 0 saturated heterocycles. The predicted molar refractivity (Wildman–Crippen MR) is 84.5 cm³/mol. The van der Waals surface area contributed by atoms with Crippen molar-refractivity contribution in [1.29, 1.82) is 0 Å². The van der Waals surface area contributed by atoms with E-state index in [-0.39, 0.29) is 17.2 Å². The van der Waals surface area contributed by atoms with E-state index in [2.05, 4.69) is 20.4 Å². The van der Waals surface area contributed by atoms with Crippen molar-refractivity contribution in [1.82, 2.24) is 24.9 Å². The van der Waals surface area contributed by atoms with Crippen LogP contribution < -0.4 is 5.32 Å². The van der Waals surface area contributed by atoms with E-state index in [0.717, 1.165) is 11.8 Å². The number of benzene rings is 1. The average molecular weight is 343 g/mol. The first-order chi connectivity index (χ1) is 11.9. The van der Waals surface area contributed by atoms with Gasteiger partial charge < -0.3 is 10.4 Å². The molecular weight excluding hydrogens is 329 g/mol. The summed E-state index contributed by atoms with van der Waals surface area (Å²) in [6, 6.07) is 5.54. The zero-order valence-corrected chi connectivity index (χ0v) is 13.4. The zero-order chi connectivity index (χ0) is 18.1. The van der Waals surface area contributed by atoms with E-state index in [0.29, 0.717) is 5.69 Å². The molecule has 0 aliphatic rings. The van der Waals surface area contributed by atoms with Gasteiger partial charge in [-0.25, -0.2) is 18.7 Å². The van der Waals surface area contributed by atoms with E-state index >= 15 is 0 Å². The quantitative estimate of drug-likeness (QED) is 0.742. The lowest BCUT2D eigenvalue weighted by molar-refractivity contribution is -0.139. The molecule has 0 bridgehead atoms. The van der Waals surface area contributed by atoms with E-state index in [9.17, 15) is 19.1 Å². The second-order valence-corrected chi connectivity index (χ2v) is 5.45. The Morgan fingerprint density at radius 3 is 2.64 bits per heavy atom. The normalized spacial score (nSPS) is 12.1. The van der Waals surface area contributed by atoms with E-state index in [1.165, 1.54) is 22.7 Å². The lowest BCUT2D eigenvalue weighted by atomic mass is 10.1. The summed E-state index contributed by atoms with van der Waals surface area (Å²) in [5.74, 6) is -2.99. The molecule has 25 heavy (non-hydrogen) atoms. The third-order valence-corrected chi connectivity index (χ3v) is 3.56. The highest BCUT2D eigenvalue weighted by atomic mass is 19.1. The lowest BCUT2D eigenvalue weighted by Crippen LogP contribution is -2.35. The van der Waals surface area contributed by atoms with Gasteiger partial charge in [0.1, 0.15) is 5.82 Å². The molecule has 2 N–H and O–H groups in total. The van der Waals surface area contributed by atoms with Crippen molar-refractivity contribution in [3.63, 3.8) is 0 Å². The van der Waals surface area contributed by atoms with Gasteiger partial charge in [-0.3, -0.25) is 4.79 Å². The number of hydrogen-bond acceptors (Lipinski definition) is 5. The van der Waals surface area contributed by atoms with E-state index in [1.807, 2.05) is 0 Å². The van der Waals surface area contributed by atoms with Gasteiger partial charge in [0.2, 0.25) is 5.82 Å². The summed E-state index contributed by atoms with van der Waals surface area (Å²) in [7, 11) is 0. The number of carboxylic acid groups (broad SMARTS) is 1. The lowest BCUT2D eigenvalue weighted by Gasteiger charge is -2.14. The number of carbonyl (C=O) groups excluding carboxylic acids is 1. The number of amides is 1. The maximum absolute atomic E-state index is 13.9. The summed E-state index contributed by atoms with van der Waals surface area (Å²) in [6.07, 6.45) is 0. The van der Waals surface area contributed by atoms with Gasteiger partial charge in [-0.05, 0) is 26.0 Å². The minimum atomic E-state index is -1.56. The van der Waals surface area contributed by atoms with Gasteiger partial charge in [0.15, 0.2) is 6.04 Å². The first kappa shape index (κ1) is 16.5. The van der Waals surface area contributed by atoms with Crippen molar-refractivity contribution in [2.45, 2.75) is 19.9 Å². The van der Waals surface area contributed by atoms with Gasteiger partial charge in [0, 0.05) is 17.0 Å². The van der Waals surface area contributed by atoms with Crippen molar-refractivity contribution in [2.24, 2.45) is 0 Å². The molecule has 2 heterocycles. The fraction of sp³-hybridized carbons (Fsp3) is 0.188. The van der Waals surface area contributed by atoms with Crippen LogP contribution in [-0.4, -0.2) is 36.6 Å². The van der Waals surface area contributed by atoms with Crippen molar-refractivity contribution < 1.29 is 19.1 Å². The van der Waals surface area contributed by atoms with Crippen LogP contribution >= 0.6 is 0 Å². The fourth-order valence-corrected chi connectivity index (χ4v) is 2.44. The van der Waals surface area contributed by atoms with Crippen molar-refractivity contribution in [2.75, 3.05) is 0 Å². The molecule has 1 amide bonds. The highest BCUT2D eigenvalue weighted by Crippen LogP contribution is 2.17. The Balaban J connectivity index is 1.93. The Morgan fingerprint density at radius 2 is 1.96 bits per heavy atom. The second kappa shape index (κ2) is 6.27. The second-order valence-electron chi connectivity index (χ2n) is 5.45. The van der Waals surface area contributed by atoms with Crippen molar-refractivity contribution in [3.8, 4) is 0 Å². The number of aliphatic carboxylic acids is 1. The number of rotatable bonds is 4. The summed E-state index contributed by atoms with van der Waals surface area (Å²) in [5.41, 5.74) is 1.27.